The minimum atomic E-state index is -0.143. The van der Waals surface area contributed by atoms with Gasteiger partial charge in [-0.25, -0.2) is 0 Å². The van der Waals surface area contributed by atoms with Crippen LogP contribution in [0.15, 0.2) is 0 Å². The molecule has 3 nitrogen and oxygen atoms in total. The zero-order chi connectivity index (χ0) is 10.6. The number of esters is 1. The van der Waals surface area contributed by atoms with Gasteiger partial charge in [0.25, 0.3) is 0 Å². The Bertz CT molecular complexity index is 223. The van der Waals surface area contributed by atoms with Crippen LogP contribution in [-0.4, -0.2) is 18.9 Å². The van der Waals surface area contributed by atoms with Crippen LogP contribution in [0.5, 0.6) is 0 Å². The van der Waals surface area contributed by atoms with Gasteiger partial charge in [0.05, 0.1) is 13.0 Å². The zero-order valence-corrected chi connectivity index (χ0v) is 8.91. The van der Waals surface area contributed by atoms with Crippen molar-refractivity contribution in [3.8, 4) is 0 Å². The Kier molecular flexibility index (Phi) is 4.11. The summed E-state index contributed by atoms with van der Waals surface area (Å²) in [4.78, 5) is 22.4. The van der Waals surface area contributed by atoms with Gasteiger partial charge in [0.15, 0.2) is 0 Å². The van der Waals surface area contributed by atoms with Crippen molar-refractivity contribution in [1.29, 1.82) is 0 Å². The predicted molar refractivity (Wildman–Crippen MR) is 52.8 cm³/mol. The quantitative estimate of drug-likeness (QED) is 0.651. The Balaban J connectivity index is 2.58. The van der Waals surface area contributed by atoms with Crippen LogP contribution in [-0.2, 0) is 14.3 Å². The van der Waals surface area contributed by atoms with E-state index in [2.05, 4.69) is 0 Å². The minimum Gasteiger partial charge on any atom is -0.469 e. The van der Waals surface area contributed by atoms with Crippen molar-refractivity contribution in [3.05, 3.63) is 0 Å². The Hall–Kier alpha value is -0.860. The van der Waals surface area contributed by atoms with Crippen LogP contribution in [0.25, 0.3) is 0 Å². The highest BCUT2D eigenvalue weighted by molar-refractivity contribution is 5.78. The van der Waals surface area contributed by atoms with Crippen LogP contribution in [0.3, 0.4) is 0 Å². The molecule has 0 unspecified atom stereocenters. The number of rotatable bonds is 3. The van der Waals surface area contributed by atoms with Gasteiger partial charge in [0.1, 0.15) is 5.78 Å². The summed E-state index contributed by atoms with van der Waals surface area (Å²) in [7, 11) is 1.42. The molecule has 0 saturated heterocycles. The van der Waals surface area contributed by atoms with E-state index in [-0.39, 0.29) is 23.6 Å². The summed E-state index contributed by atoms with van der Waals surface area (Å²) in [5.41, 5.74) is 0. The fourth-order valence-electron chi connectivity index (χ4n) is 2.28. The topological polar surface area (TPSA) is 43.4 Å². The van der Waals surface area contributed by atoms with Crippen molar-refractivity contribution in [2.45, 2.75) is 39.0 Å². The third-order valence-electron chi connectivity index (χ3n) is 2.96. The van der Waals surface area contributed by atoms with Crippen LogP contribution in [0, 0.1) is 11.8 Å². The lowest BCUT2D eigenvalue weighted by Crippen LogP contribution is -2.29. The van der Waals surface area contributed by atoms with Gasteiger partial charge in [-0.1, -0.05) is 12.8 Å². The Morgan fingerprint density at radius 1 is 1.29 bits per heavy atom. The summed E-state index contributed by atoms with van der Waals surface area (Å²) >= 11 is 0. The van der Waals surface area contributed by atoms with E-state index < -0.39 is 0 Å². The van der Waals surface area contributed by atoms with Crippen molar-refractivity contribution in [2.24, 2.45) is 11.8 Å². The van der Waals surface area contributed by atoms with Crippen molar-refractivity contribution in [2.75, 3.05) is 7.11 Å². The second kappa shape index (κ2) is 5.13. The number of carbonyl (C=O) groups is 2. The molecule has 0 spiro atoms. The molecule has 0 aromatic carbocycles. The van der Waals surface area contributed by atoms with E-state index in [0.717, 1.165) is 25.7 Å². The maximum atomic E-state index is 11.4. The van der Waals surface area contributed by atoms with Crippen LogP contribution in [0.2, 0.25) is 0 Å². The molecule has 0 heterocycles. The first-order valence-corrected chi connectivity index (χ1v) is 5.22. The third-order valence-corrected chi connectivity index (χ3v) is 2.96. The molecule has 1 rings (SSSR count). The number of hydrogen-bond donors (Lipinski definition) is 0. The summed E-state index contributed by atoms with van der Waals surface area (Å²) in [6, 6.07) is 0. The fraction of sp³-hybridized carbons (Fsp3) is 0.818. The summed E-state index contributed by atoms with van der Waals surface area (Å²) in [5.74, 6) is 0.202. The number of hydrogen-bond acceptors (Lipinski definition) is 3. The summed E-state index contributed by atoms with van der Waals surface area (Å²) in [5, 5.41) is 0. The van der Waals surface area contributed by atoms with E-state index in [0.29, 0.717) is 6.42 Å². The van der Waals surface area contributed by atoms with Crippen molar-refractivity contribution < 1.29 is 14.3 Å². The van der Waals surface area contributed by atoms with Gasteiger partial charge in [-0.2, -0.15) is 0 Å². The molecule has 1 aliphatic carbocycles. The molecule has 3 heteroatoms. The van der Waals surface area contributed by atoms with Crippen LogP contribution in [0.4, 0.5) is 0 Å². The van der Waals surface area contributed by atoms with Gasteiger partial charge in [-0.05, 0) is 25.7 Å². The highest BCUT2D eigenvalue weighted by Crippen LogP contribution is 2.33. The number of methoxy groups -OCH3 is 1. The Labute approximate surface area is 84.8 Å². The number of carbonyl (C=O) groups excluding carboxylic acids is 2. The molecule has 1 saturated carbocycles. The van der Waals surface area contributed by atoms with Crippen molar-refractivity contribution in [1.82, 2.24) is 0 Å². The highest BCUT2D eigenvalue weighted by atomic mass is 16.5. The van der Waals surface area contributed by atoms with Gasteiger partial charge in [-0.15, -0.1) is 0 Å². The third kappa shape index (κ3) is 2.82. The highest BCUT2D eigenvalue weighted by Gasteiger charge is 2.32. The molecule has 0 aromatic heterocycles. The molecule has 0 aromatic rings. The molecule has 0 aliphatic heterocycles. The fourth-order valence-corrected chi connectivity index (χ4v) is 2.28. The first-order valence-electron chi connectivity index (χ1n) is 5.22. The van der Waals surface area contributed by atoms with Gasteiger partial charge in [0, 0.05) is 6.42 Å². The van der Waals surface area contributed by atoms with Crippen molar-refractivity contribution >= 4 is 11.8 Å². The first-order chi connectivity index (χ1) is 6.65. The molecule has 0 N–H and O–H groups in total. The first kappa shape index (κ1) is 11.2. The summed E-state index contributed by atoms with van der Waals surface area (Å²) < 4.78 is 4.75. The van der Waals surface area contributed by atoms with Crippen LogP contribution < -0.4 is 0 Å². The molecule has 0 radical (unpaired) electrons. The van der Waals surface area contributed by atoms with Gasteiger partial charge >= 0.3 is 5.97 Å². The molecule has 0 bridgehead atoms. The molecule has 14 heavy (non-hydrogen) atoms. The van der Waals surface area contributed by atoms with Gasteiger partial charge in [0.2, 0.25) is 0 Å². The molecule has 1 fully saturated rings. The van der Waals surface area contributed by atoms with Gasteiger partial charge < -0.3 is 9.53 Å². The smallest absolute Gasteiger partial charge is 0.308 e. The summed E-state index contributed by atoms with van der Waals surface area (Å²) in [6.07, 6.45) is 4.60. The molecular weight excluding hydrogens is 180 g/mol. The summed E-state index contributed by atoms with van der Waals surface area (Å²) in [6.45, 7) is 1.59. The van der Waals surface area contributed by atoms with Crippen LogP contribution in [0.1, 0.15) is 39.0 Å². The van der Waals surface area contributed by atoms with E-state index in [9.17, 15) is 9.59 Å². The molecule has 0 amide bonds. The van der Waals surface area contributed by atoms with Crippen LogP contribution >= 0.6 is 0 Å². The van der Waals surface area contributed by atoms with E-state index in [1.54, 1.807) is 6.92 Å². The number of ether oxygens (including phenoxy) is 1. The molecule has 1 aliphatic rings. The second-order valence-electron chi connectivity index (χ2n) is 4.08. The predicted octanol–water partition coefficient (Wildman–Crippen LogP) is 1.94. The Morgan fingerprint density at radius 2 is 1.93 bits per heavy atom. The molecule has 2 atom stereocenters. The maximum absolute atomic E-state index is 11.4. The van der Waals surface area contributed by atoms with E-state index in [1.165, 1.54) is 7.11 Å². The minimum absolute atomic E-state index is 0.0438. The lowest BCUT2D eigenvalue weighted by molar-refractivity contribution is -0.149. The Morgan fingerprint density at radius 3 is 2.50 bits per heavy atom. The van der Waals surface area contributed by atoms with E-state index in [4.69, 9.17) is 4.74 Å². The monoisotopic (exact) mass is 198 g/mol. The SMILES string of the molecule is COC(=O)[C@H]1CCCC[C@@H]1CC(C)=O. The lowest BCUT2D eigenvalue weighted by atomic mass is 9.77. The standard InChI is InChI=1S/C11H18O3/c1-8(12)7-9-5-3-4-6-10(9)11(13)14-2/h9-10H,3-7H2,1-2H3/t9-,10+/m1/s1. The second-order valence-corrected chi connectivity index (χ2v) is 4.08. The lowest BCUT2D eigenvalue weighted by Gasteiger charge is -2.28. The number of Topliss-reactive ketones (excluding diaryl/α,β-unsaturated/α-hetero) is 1. The normalized spacial score (nSPS) is 27.0. The molecular formula is C11H18O3. The van der Waals surface area contributed by atoms with Crippen molar-refractivity contribution in [3.63, 3.8) is 0 Å². The zero-order valence-electron chi connectivity index (χ0n) is 8.91. The van der Waals surface area contributed by atoms with E-state index >= 15 is 0 Å². The maximum Gasteiger partial charge on any atom is 0.308 e. The largest absolute Gasteiger partial charge is 0.469 e. The molecule has 80 valence electrons. The average molecular weight is 198 g/mol. The number of ketones is 1. The average Bonchev–Trinajstić information content (AvgIpc) is 2.16. The van der Waals surface area contributed by atoms with Gasteiger partial charge in [-0.3, -0.25) is 4.79 Å². The van der Waals surface area contributed by atoms with E-state index in [1.807, 2.05) is 0 Å².